The molecule has 25 heavy (non-hydrogen) atoms. The van der Waals surface area contributed by atoms with Gasteiger partial charge in [-0.2, -0.15) is 0 Å². The number of nitrogens with zero attached hydrogens (tertiary/aromatic N) is 4. The Hall–Kier alpha value is -2.59. The zero-order valence-corrected chi connectivity index (χ0v) is 14.7. The molecule has 0 aromatic carbocycles. The summed E-state index contributed by atoms with van der Waals surface area (Å²) in [7, 11) is 0. The highest BCUT2D eigenvalue weighted by Gasteiger charge is 2.52. The predicted octanol–water partition coefficient (Wildman–Crippen LogP) is 0.983. The van der Waals surface area contributed by atoms with E-state index in [4.69, 9.17) is 12.2 Å². The molecule has 3 rings (SSSR count). The minimum Gasteiger partial charge on any atom is -0.354 e. The lowest BCUT2D eigenvalue weighted by Gasteiger charge is -2.56. The summed E-state index contributed by atoms with van der Waals surface area (Å²) in [5, 5.41) is 0.966. The molecule has 0 spiro atoms. The molecule has 0 saturated carbocycles. The van der Waals surface area contributed by atoms with Gasteiger partial charge in [0, 0.05) is 25.8 Å². The number of hydrogen-bond acceptors (Lipinski definition) is 5. The molecule has 3 N–H and O–H groups in total. The number of amides is 1. The Labute approximate surface area is 147 Å². The second-order valence-electron chi connectivity index (χ2n) is 6.64. The van der Waals surface area contributed by atoms with Crippen molar-refractivity contribution in [3.63, 3.8) is 0 Å². The number of fused-ring (bicyclic) bond motifs is 1. The molecule has 1 saturated heterocycles. The highest BCUT2D eigenvalue weighted by atomic mass is 16.2. The normalized spacial score (nSPS) is 22.5. The van der Waals surface area contributed by atoms with E-state index in [1.807, 2.05) is 19.2 Å². The molecule has 0 radical (unpaired) electrons. The zero-order valence-electron chi connectivity index (χ0n) is 14.7. The lowest BCUT2D eigenvalue weighted by atomic mass is 9.75. The molecule has 2 aromatic heterocycles. The van der Waals surface area contributed by atoms with E-state index < -0.39 is 5.54 Å². The molecule has 1 aliphatic rings. The summed E-state index contributed by atoms with van der Waals surface area (Å²) in [5.74, 6) is 3.63. The molecule has 0 bridgehead atoms. The third-order valence-corrected chi connectivity index (χ3v) is 5.05. The smallest absolute Gasteiger partial charge is 0.236 e. The summed E-state index contributed by atoms with van der Waals surface area (Å²) in [5.41, 5.74) is 5.92. The van der Waals surface area contributed by atoms with Crippen molar-refractivity contribution >= 4 is 22.8 Å². The number of carbonyl (C=O) groups excluding carboxylic acids is 1. The first-order chi connectivity index (χ1) is 12.0. The summed E-state index contributed by atoms with van der Waals surface area (Å²) in [6.45, 7) is 6.13. The van der Waals surface area contributed by atoms with Gasteiger partial charge in [0.25, 0.3) is 0 Å². The minimum atomic E-state index is -0.450. The number of nitrogens with one attached hydrogen (secondary N) is 1. The van der Waals surface area contributed by atoms with Gasteiger partial charge in [-0.1, -0.05) is 12.8 Å². The fraction of sp³-hybridized carbons (Fsp3) is 0.500. The topological polar surface area (TPSA) is 91.1 Å². The van der Waals surface area contributed by atoms with Crippen molar-refractivity contribution in [3.05, 3.63) is 18.6 Å². The number of nitrogens with two attached hydrogens (primary N) is 1. The van der Waals surface area contributed by atoms with E-state index >= 15 is 0 Å². The summed E-state index contributed by atoms with van der Waals surface area (Å²) in [6.07, 6.45) is 10.1. The van der Waals surface area contributed by atoms with Crippen molar-refractivity contribution < 1.29 is 4.79 Å². The number of rotatable bonds is 6. The second-order valence-corrected chi connectivity index (χ2v) is 6.64. The molecule has 3 heterocycles. The minimum absolute atomic E-state index is 0.00375. The molecule has 132 valence electrons. The third kappa shape index (κ3) is 2.83. The Kier molecular flexibility index (Phi) is 4.64. The van der Waals surface area contributed by atoms with E-state index in [0.29, 0.717) is 13.1 Å². The van der Waals surface area contributed by atoms with Crippen molar-refractivity contribution in [1.82, 2.24) is 19.9 Å². The van der Waals surface area contributed by atoms with Crippen LogP contribution in [0.15, 0.2) is 18.6 Å². The maximum atomic E-state index is 12.2. The van der Waals surface area contributed by atoms with Crippen LogP contribution in [0.4, 0.5) is 5.82 Å². The first-order valence-corrected chi connectivity index (χ1v) is 8.54. The number of carbonyl (C=O) groups is 1. The van der Waals surface area contributed by atoms with Crippen molar-refractivity contribution in [2.24, 2.45) is 11.7 Å². The van der Waals surface area contributed by atoms with Crippen LogP contribution in [0.2, 0.25) is 0 Å². The first-order valence-electron chi connectivity index (χ1n) is 8.54. The maximum absolute atomic E-state index is 12.2. The molecule has 1 fully saturated rings. The number of hydrogen-bond donors (Lipinski definition) is 2. The van der Waals surface area contributed by atoms with E-state index in [1.54, 1.807) is 11.2 Å². The fourth-order valence-electron chi connectivity index (χ4n) is 3.61. The van der Waals surface area contributed by atoms with Gasteiger partial charge in [0.2, 0.25) is 5.91 Å². The van der Waals surface area contributed by atoms with Gasteiger partial charge in [0.05, 0.1) is 23.4 Å². The van der Waals surface area contributed by atoms with Gasteiger partial charge in [0.15, 0.2) is 0 Å². The number of aromatic amines is 1. The molecular formula is C18H24N6O. The molecule has 7 heteroatoms. The van der Waals surface area contributed by atoms with Crippen LogP contribution in [0.25, 0.3) is 11.0 Å². The van der Waals surface area contributed by atoms with Crippen LogP contribution < -0.4 is 10.6 Å². The van der Waals surface area contributed by atoms with E-state index in [-0.39, 0.29) is 18.4 Å². The van der Waals surface area contributed by atoms with Gasteiger partial charge in [-0.25, -0.2) is 9.97 Å². The summed E-state index contributed by atoms with van der Waals surface area (Å²) < 4.78 is 0. The van der Waals surface area contributed by atoms with Gasteiger partial charge in [-0.05, 0) is 19.4 Å². The summed E-state index contributed by atoms with van der Waals surface area (Å²) >= 11 is 0. The van der Waals surface area contributed by atoms with Gasteiger partial charge in [-0.15, -0.1) is 6.42 Å². The highest BCUT2D eigenvalue weighted by Crippen LogP contribution is 2.38. The maximum Gasteiger partial charge on any atom is 0.236 e. The molecule has 1 aliphatic heterocycles. The van der Waals surface area contributed by atoms with Crippen molar-refractivity contribution in [1.29, 1.82) is 0 Å². The monoisotopic (exact) mass is 340 g/mol. The molecule has 7 nitrogen and oxygen atoms in total. The number of terminal acetylenes is 1. The molecule has 0 aliphatic carbocycles. The number of anilines is 1. The van der Waals surface area contributed by atoms with Gasteiger partial charge >= 0.3 is 0 Å². The van der Waals surface area contributed by atoms with E-state index in [2.05, 4.69) is 32.7 Å². The molecule has 2 aromatic rings. The molecule has 1 amide bonds. The van der Waals surface area contributed by atoms with E-state index in [9.17, 15) is 4.79 Å². The molecular weight excluding hydrogens is 316 g/mol. The Morgan fingerprint density at radius 1 is 1.60 bits per heavy atom. The number of likely N-dealkylation sites (tertiary alicyclic amines) is 1. The van der Waals surface area contributed by atoms with Crippen LogP contribution in [0.1, 0.15) is 20.3 Å². The zero-order chi connectivity index (χ0) is 18.0. The third-order valence-electron chi connectivity index (χ3n) is 5.05. The fourth-order valence-corrected chi connectivity index (χ4v) is 3.61. The van der Waals surface area contributed by atoms with Crippen LogP contribution in [0, 0.1) is 18.3 Å². The van der Waals surface area contributed by atoms with Crippen molar-refractivity contribution in [2.75, 3.05) is 31.1 Å². The molecule has 2 atom stereocenters. The SMILES string of the molecule is C#C[C@@H]1CN(C(=O)CN)[C@@]1(C)CN(CCC)c1ncnc2[nH]ccc12. The Balaban J connectivity index is 1.94. The van der Waals surface area contributed by atoms with Gasteiger partial charge in [-0.3, -0.25) is 4.79 Å². The van der Waals surface area contributed by atoms with Gasteiger partial charge < -0.3 is 20.5 Å². The van der Waals surface area contributed by atoms with Crippen molar-refractivity contribution in [2.45, 2.75) is 25.8 Å². The number of aromatic nitrogens is 3. The van der Waals surface area contributed by atoms with Crippen molar-refractivity contribution in [3.8, 4) is 12.3 Å². The van der Waals surface area contributed by atoms with Crippen LogP contribution >= 0.6 is 0 Å². The summed E-state index contributed by atoms with van der Waals surface area (Å²) in [6, 6.07) is 1.97. The molecule has 0 unspecified atom stereocenters. The van der Waals surface area contributed by atoms with Gasteiger partial charge in [0.1, 0.15) is 17.8 Å². The van der Waals surface area contributed by atoms with E-state index in [0.717, 1.165) is 29.8 Å². The second kappa shape index (κ2) is 6.73. The Morgan fingerprint density at radius 3 is 3.08 bits per heavy atom. The first kappa shape index (κ1) is 17.2. The average molecular weight is 340 g/mol. The summed E-state index contributed by atoms with van der Waals surface area (Å²) in [4.78, 5) is 28.1. The van der Waals surface area contributed by atoms with Crippen LogP contribution in [-0.2, 0) is 4.79 Å². The Morgan fingerprint density at radius 2 is 2.40 bits per heavy atom. The number of H-pyrrole nitrogens is 1. The Bertz CT molecular complexity index is 809. The predicted molar refractivity (Wildman–Crippen MR) is 97.9 cm³/mol. The van der Waals surface area contributed by atoms with E-state index in [1.165, 1.54) is 0 Å². The quantitative estimate of drug-likeness (QED) is 0.765. The van der Waals surface area contributed by atoms with Crippen LogP contribution in [-0.4, -0.2) is 57.5 Å². The van der Waals surface area contributed by atoms with Crippen LogP contribution in [0.5, 0.6) is 0 Å². The average Bonchev–Trinajstić information content (AvgIpc) is 3.09. The lowest BCUT2D eigenvalue weighted by molar-refractivity contribution is -0.148. The standard InChI is InChI=1S/C18H24N6O/c1-4-8-23(17-14-6-7-20-16(14)21-12-22-17)11-18(3)13(5-2)10-24(18)15(25)9-19/h2,6-7,12-13H,4,8-11,19H2,1,3H3,(H,20,21,22)/t13-,18+/m1/s1. The highest BCUT2D eigenvalue weighted by molar-refractivity contribution is 5.87. The largest absolute Gasteiger partial charge is 0.354 e. The van der Waals surface area contributed by atoms with Crippen LogP contribution in [0.3, 0.4) is 0 Å². The lowest BCUT2D eigenvalue weighted by Crippen LogP contribution is -2.71.